The van der Waals surface area contributed by atoms with Crippen molar-refractivity contribution in [3.63, 3.8) is 0 Å². The number of benzene rings is 1. The maximum absolute atomic E-state index is 12.0. The average molecular weight is 288 g/mol. The number of nitrogens with two attached hydrogens (primary N) is 1. The van der Waals surface area contributed by atoms with Crippen LogP contribution < -0.4 is 11.1 Å². The van der Waals surface area contributed by atoms with E-state index in [1.54, 1.807) is 4.68 Å². The molecule has 1 aromatic carbocycles. The molecule has 112 valence electrons. The highest BCUT2D eigenvalue weighted by atomic mass is 16.1. The van der Waals surface area contributed by atoms with Crippen LogP contribution in [0.3, 0.4) is 0 Å². The first kappa shape index (κ1) is 15.1. The fourth-order valence-electron chi connectivity index (χ4n) is 1.86. The standard InChI is InChI=1S/C14H20N6O/c1-4-20-13(17-18-19-20)11-6-5-7-12(8-11)16-14(21)9(2)10(3)15/h5-10H,4,15H2,1-3H3,(H,16,21). The van der Waals surface area contributed by atoms with Crippen molar-refractivity contribution < 1.29 is 4.79 Å². The normalized spacial score (nSPS) is 13.7. The van der Waals surface area contributed by atoms with Gasteiger partial charge in [-0.2, -0.15) is 0 Å². The molecule has 21 heavy (non-hydrogen) atoms. The maximum Gasteiger partial charge on any atom is 0.228 e. The van der Waals surface area contributed by atoms with Crippen molar-refractivity contribution in [2.24, 2.45) is 11.7 Å². The number of amides is 1. The summed E-state index contributed by atoms with van der Waals surface area (Å²) in [5.41, 5.74) is 7.30. The third-order valence-electron chi connectivity index (χ3n) is 3.42. The van der Waals surface area contributed by atoms with E-state index in [1.807, 2.05) is 45.0 Å². The fourth-order valence-corrected chi connectivity index (χ4v) is 1.86. The van der Waals surface area contributed by atoms with Crippen LogP contribution >= 0.6 is 0 Å². The Morgan fingerprint density at radius 2 is 2.19 bits per heavy atom. The van der Waals surface area contributed by atoms with E-state index in [9.17, 15) is 4.79 Å². The molecule has 1 amide bonds. The van der Waals surface area contributed by atoms with Gasteiger partial charge < -0.3 is 11.1 Å². The molecular weight excluding hydrogens is 268 g/mol. The molecule has 2 atom stereocenters. The number of rotatable bonds is 5. The van der Waals surface area contributed by atoms with Gasteiger partial charge in [0.1, 0.15) is 0 Å². The van der Waals surface area contributed by atoms with Crippen LogP contribution in [0.15, 0.2) is 24.3 Å². The van der Waals surface area contributed by atoms with Crippen LogP contribution in [0.2, 0.25) is 0 Å². The van der Waals surface area contributed by atoms with Crippen LogP contribution in [-0.2, 0) is 11.3 Å². The quantitative estimate of drug-likeness (QED) is 0.863. The molecule has 1 aromatic heterocycles. The molecule has 0 fully saturated rings. The van der Waals surface area contributed by atoms with Crippen molar-refractivity contribution in [2.75, 3.05) is 5.32 Å². The Labute approximate surface area is 123 Å². The lowest BCUT2D eigenvalue weighted by Crippen LogP contribution is -2.34. The lowest BCUT2D eigenvalue weighted by molar-refractivity contribution is -0.119. The lowest BCUT2D eigenvalue weighted by atomic mass is 10.0. The molecule has 1 heterocycles. The van der Waals surface area contributed by atoms with Crippen LogP contribution in [0.25, 0.3) is 11.4 Å². The number of nitrogens with one attached hydrogen (secondary N) is 1. The molecule has 0 saturated carbocycles. The number of nitrogens with zero attached hydrogens (tertiary/aromatic N) is 4. The highest BCUT2D eigenvalue weighted by Crippen LogP contribution is 2.20. The summed E-state index contributed by atoms with van der Waals surface area (Å²) in [5, 5.41) is 14.5. The SMILES string of the molecule is CCn1nnnc1-c1cccc(NC(=O)C(C)C(C)N)c1. The summed E-state index contributed by atoms with van der Waals surface area (Å²) in [6.45, 7) is 6.27. The van der Waals surface area contributed by atoms with E-state index in [2.05, 4.69) is 20.8 Å². The van der Waals surface area contributed by atoms with Crippen LogP contribution in [-0.4, -0.2) is 32.2 Å². The van der Waals surface area contributed by atoms with Gasteiger partial charge in [0, 0.05) is 23.8 Å². The Balaban J connectivity index is 2.21. The van der Waals surface area contributed by atoms with Gasteiger partial charge in [-0.05, 0) is 36.4 Å². The van der Waals surface area contributed by atoms with Crippen molar-refractivity contribution in [3.05, 3.63) is 24.3 Å². The third kappa shape index (κ3) is 3.43. The van der Waals surface area contributed by atoms with Crippen molar-refractivity contribution in [2.45, 2.75) is 33.4 Å². The van der Waals surface area contributed by atoms with Crippen molar-refractivity contribution >= 4 is 11.6 Å². The Hall–Kier alpha value is -2.28. The van der Waals surface area contributed by atoms with E-state index in [0.29, 0.717) is 18.1 Å². The topological polar surface area (TPSA) is 98.7 Å². The molecule has 0 saturated heterocycles. The molecule has 2 rings (SSSR count). The molecular formula is C14H20N6O. The lowest BCUT2D eigenvalue weighted by Gasteiger charge is -2.15. The number of tetrazole rings is 1. The highest BCUT2D eigenvalue weighted by molar-refractivity contribution is 5.93. The van der Waals surface area contributed by atoms with E-state index in [4.69, 9.17) is 5.73 Å². The predicted octanol–water partition coefficient (Wildman–Crippen LogP) is 1.28. The second kappa shape index (κ2) is 6.45. The summed E-state index contributed by atoms with van der Waals surface area (Å²) in [4.78, 5) is 12.0. The number of aromatic nitrogens is 4. The summed E-state index contributed by atoms with van der Waals surface area (Å²) in [6.07, 6.45) is 0. The van der Waals surface area contributed by atoms with Gasteiger partial charge in [-0.3, -0.25) is 4.79 Å². The van der Waals surface area contributed by atoms with Gasteiger partial charge in [0.25, 0.3) is 0 Å². The number of hydrogen-bond donors (Lipinski definition) is 2. The van der Waals surface area contributed by atoms with E-state index < -0.39 is 0 Å². The number of aryl methyl sites for hydroxylation is 1. The van der Waals surface area contributed by atoms with E-state index in [1.165, 1.54) is 0 Å². The number of carbonyl (C=O) groups excluding carboxylic acids is 1. The maximum atomic E-state index is 12.0. The summed E-state index contributed by atoms with van der Waals surface area (Å²) < 4.78 is 1.70. The summed E-state index contributed by atoms with van der Waals surface area (Å²) in [7, 11) is 0. The van der Waals surface area contributed by atoms with E-state index in [-0.39, 0.29) is 17.9 Å². The molecule has 0 aliphatic heterocycles. The zero-order valence-electron chi connectivity index (χ0n) is 12.4. The monoisotopic (exact) mass is 288 g/mol. The van der Waals surface area contributed by atoms with Gasteiger partial charge >= 0.3 is 0 Å². The summed E-state index contributed by atoms with van der Waals surface area (Å²) in [6, 6.07) is 7.25. The van der Waals surface area contributed by atoms with Gasteiger partial charge in [0.2, 0.25) is 5.91 Å². The minimum atomic E-state index is -0.255. The number of carbonyl (C=O) groups is 1. The molecule has 2 aromatic rings. The molecule has 0 bridgehead atoms. The average Bonchev–Trinajstić information content (AvgIpc) is 2.95. The van der Waals surface area contributed by atoms with Crippen LogP contribution in [0.1, 0.15) is 20.8 Å². The smallest absolute Gasteiger partial charge is 0.228 e. The van der Waals surface area contributed by atoms with Crippen LogP contribution in [0.5, 0.6) is 0 Å². The molecule has 0 spiro atoms. The summed E-state index contributed by atoms with van der Waals surface area (Å²) >= 11 is 0. The fraction of sp³-hybridized carbons (Fsp3) is 0.429. The van der Waals surface area contributed by atoms with Crippen molar-refractivity contribution in [1.82, 2.24) is 20.2 Å². The highest BCUT2D eigenvalue weighted by Gasteiger charge is 2.17. The molecule has 0 radical (unpaired) electrons. The first-order chi connectivity index (χ1) is 10.0. The van der Waals surface area contributed by atoms with Gasteiger partial charge in [-0.25, -0.2) is 4.68 Å². The minimum absolute atomic E-state index is 0.0998. The largest absolute Gasteiger partial charge is 0.327 e. The second-order valence-electron chi connectivity index (χ2n) is 5.04. The Morgan fingerprint density at radius 3 is 2.86 bits per heavy atom. The Morgan fingerprint density at radius 1 is 1.43 bits per heavy atom. The summed E-state index contributed by atoms with van der Waals surface area (Å²) in [5.74, 6) is 0.320. The molecule has 7 heteroatoms. The van der Waals surface area contributed by atoms with Crippen LogP contribution in [0.4, 0.5) is 5.69 Å². The predicted molar refractivity (Wildman–Crippen MR) is 80.4 cm³/mol. The van der Waals surface area contributed by atoms with Crippen LogP contribution in [0, 0.1) is 5.92 Å². The third-order valence-corrected chi connectivity index (χ3v) is 3.42. The molecule has 7 nitrogen and oxygen atoms in total. The van der Waals surface area contributed by atoms with Gasteiger partial charge in [0.05, 0.1) is 5.92 Å². The number of hydrogen-bond acceptors (Lipinski definition) is 5. The molecule has 0 aliphatic carbocycles. The zero-order valence-corrected chi connectivity index (χ0v) is 12.4. The molecule has 3 N–H and O–H groups in total. The van der Waals surface area contributed by atoms with Gasteiger partial charge in [0.15, 0.2) is 5.82 Å². The van der Waals surface area contributed by atoms with Crippen molar-refractivity contribution in [3.8, 4) is 11.4 Å². The van der Waals surface area contributed by atoms with Crippen molar-refractivity contribution in [1.29, 1.82) is 0 Å². The Kier molecular flexibility index (Phi) is 4.64. The molecule has 0 aliphatic rings. The first-order valence-corrected chi connectivity index (χ1v) is 6.96. The van der Waals surface area contributed by atoms with Gasteiger partial charge in [-0.1, -0.05) is 19.1 Å². The number of anilines is 1. The van der Waals surface area contributed by atoms with E-state index in [0.717, 1.165) is 5.56 Å². The Bertz CT molecular complexity index is 621. The zero-order chi connectivity index (χ0) is 15.4. The minimum Gasteiger partial charge on any atom is -0.327 e. The van der Waals surface area contributed by atoms with E-state index >= 15 is 0 Å². The molecule has 2 unspecified atom stereocenters. The first-order valence-electron chi connectivity index (χ1n) is 6.96. The second-order valence-corrected chi connectivity index (χ2v) is 5.04. The van der Waals surface area contributed by atoms with Gasteiger partial charge in [-0.15, -0.1) is 5.10 Å².